The molecule has 13 nitrogen and oxygen atoms in total. The molecule has 3 amide bonds. The van der Waals surface area contributed by atoms with Crippen LogP contribution in [0.2, 0.25) is 0 Å². The van der Waals surface area contributed by atoms with Crippen LogP contribution in [0.15, 0.2) is 71.2 Å². The van der Waals surface area contributed by atoms with Crippen molar-refractivity contribution < 1.29 is 47.6 Å². The van der Waals surface area contributed by atoms with Gasteiger partial charge >= 0.3 is 12.1 Å². The van der Waals surface area contributed by atoms with E-state index >= 15 is 0 Å². The zero-order chi connectivity index (χ0) is 34.7. The normalized spacial score (nSPS) is 16.2. The number of amides is 3. The molecule has 1 saturated heterocycles. The van der Waals surface area contributed by atoms with Crippen LogP contribution >= 0.6 is 26.7 Å². The van der Waals surface area contributed by atoms with Crippen LogP contribution in [-0.2, 0) is 32.1 Å². The van der Waals surface area contributed by atoms with Gasteiger partial charge in [0.2, 0.25) is 11.8 Å². The summed E-state index contributed by atoms with van der Waals surface area (Å²) in [6.07, 6.45) is 1.14. The van der Waals surface area contributed by atoms with Crippen LogP contribution in [0.3, 0.4) is 0 Å². The minimum atomic E-state index is -3.35. The van der Waals surface area contributed by atoms with Gasteiger partial charge < -0.3 is 30.0 Å². The van der Waals surface area contributed by atoms with Crippen molar-refractivity contribution in [3.8, 4) is 11.5 Å². The molecule has 1 aliphatic rings. The molecule has 2 atom stereocenters. The number of rotatable bonds is 15. The molecule has 1 fully saturated rings. The van der Waals surface area contributed by atoms with Gasteiger partial charge in [-0.2, -0.15) is 0 Å². The maximum atomic E-state index is 13.3. The second kappa shape index (κ2) is 17.2. The Balaban J connectivity index is 1.32. The lowest BCUT2D eigenvalue weighted by Crippen LogP contribution is -2.48. The standard InChI is InChI=1S/C33H38BrN3O10S/c1-45-32(41)30-26(38)11-8-12-27(30)46-16-7-3-6-15-35-31(40)25(36-33(42)47-20-21-9-4-2-5-10-21)18-22-13-14-23(24(34)17-22)28-19-29(39)37-48(28,43)44/h2,4-5,8-14,17,25,28,38,43-44H,3,6-7,15-16,18-20H2,1H3,(H,35,40)(H,36,42)(H,37,39)/t25-,28?/m0/s1. The van der Waals surface area contributed by atoms with E-state index in [1.165, 1.54) is 13.2 Å². The summed E-state index contributed by atoms with van der Waals surface area (Å²) in [6.45, 7) is 0.608. The van der Waals surface area contributed by atoms with E-state index in [-0.39, 0.29) is 43.1 Å². The molecular formula is C33H38BrN3O10S. The third-order valence-corrected chi connectivity index (χ3v) is 9.91. The first-order chi connectivity index (χ1) is 23.0. The summed E-state index contributed by atoms with van der Waals surface area (Å²) < 4.78 is 39.1. The highest BCUT2D eigenvalue weighted by Crippen LogP contribution is 2.57. The number of methoxy groups -OCH3 is 1. The second-order valence-electron chi connectivity index (χ2n) is 11.0. The third kappa shape index (κ3) is 10.1. The van der Waals surface area contributed by atoms with Crippen LogP contribution in [0.25, 0.3) is 0 Å². The molecule has 1 heterocycles. The van der Waals surface area contributed by atoms with E-state index in [4.69, 9.17) is 14.2 Å². The first kappa shape index (κ1) is 36.5. The van der Waals surface area contributed by atoms with E-state index in [9.17, 15) is 33.4 Å². The van der Waals surface area contributed by atoms with Gasteiger partial charge in [-0.25, -0.2) is 9.59 Å². The van der Waals surface area contributed by atoms with Crippen molar-refractivity contribution in [2.45, 2.75) is 50.0 Å². The predicted molar refractivity (Wildman–Crippen MR) is 182 cm³/mol. The summed E-state index contributed by atoms with van der Waals surface area (Å²) in [5.41, 5.74) is 1.94. The molecular weight excluding hydrogens is 710 g/mol. The van der Waals surface area contributed by atoms with Gasteiger partial charge in [-0.3, -0.25) is 23.4 Å². The van der Waals surface area contributed by atoms with Gasteiger partial charge in [0.05, 0.1) is 20.1 Å². The van der Waals surface area contributed by atoms with Crippen molar-refractivity contribution in [2.75, 3.05) is 20.3 Å². The average Bonchev–Trinajstić information content (AvgIpc) is 3.34. The lowest BCUT2D eigenvalue weighted by molar-refractivity contribution is -0.123. The van der Waals surface area contributed by atoms with Gasteiger partial charge in [0.15, 0.2) is 0 Å². The number of alkyl carbamates (subject to hydrolysis) is 1. The van der Waals surface area contributed by atoms with E-state index in [0.29, 0.717) is 41.4 Å². The number of hydrogen-bond acceptors (Lipinski definition) is 10. The molecule has 3 aromatic carbocycles. The molecule has 48 heavy (non-hydrogen) atoms. The highest BCUT2D eigenvalue weighted by molar-refractivity contribution is 9.10. The number of aromatic hydroxyl groups is 1. The largest absolute Gasteiger partial charge is 0.507 e. The lowest BCUT2D eigenvalue weighted by Gasteiger charge is -2.33. The van der Waals surface area contributed by atoms with Crippen molar-refractivity contribution in [1.29, 1.82) is 0 Å². The zero-order valence-corrected chi connectivity index (χ0v) is 28.6. The van der Waals surface area contributed by atoms with Crippen LogP contribution in [0, 0.1) is 0 Å². The highest BCUT2D eigenvalue weighted by atomic mass is 79.9. The van der Waals surface area contributed by atoms with Gasteiger partial charge in [0, 0.05) is 17.4 Å². The molecule has 0 spiro atoms. The smallest absolute Gasteiger partial charge is 0.408 e. The number of ether oxygens (including phenoxy) is 3. The number of halogens is 1. The zero-order valence-electron chi connectivity index (χ0n) is 26.1. The monoisotopic (exact) mass is 747 g/mol. The summed E-state index contributed by atoms with van der Waals surface area (Å²) in [5, 5.41) is 14.7. The average molecular weight is 749 g/mol. The van der Waals surface area contributed by atoms with Gasteiger partial charge in [-0.05, 0) is 54.2 Å². The topological polar surface area (TPSA) is 193 Å². The molecule has 4 rings (SSSR count). The highest BCUT2D eigenvalue weighted by Gasteiger charge is 2.39. The fraction of sp³-hybridized carbons (Fsp3) is 0.333. The minimum Gasteiger partial charge on any atom is -0.507 e. The molecule has 15 heteroatoms. The number of nitrogens with one attached hydrogen (secondary N) is 3. The minimum absolute atomic E-state index is 0.0214. The Morgan fingerprint density at radius 2 is 1.79 bits per heavy atom. The molecule has 0 aromatic heterocycles. The number of carbonyl (C=O) groups excluding carboxylic acids is 4. The van der Waals surface area contributed by atoms with E-state index in [1.807, 2.05) is 30.3 Å². The Hall–Kier alpha value is -4.31. The number of phenolic OH excluding ortho intramolecular Hbond substituents is 1. The number of benzene rings is 3. The molecule has 1 aliphatic heterocycles. The molecule has 0 aliphatic carbocycles. The van der Waals surface area contributed by atoms with E-state index in [2.05, 4.69) is 31.3 Å². The number of hydrogen-bond donors (Lipinski definition) is 6. The second-order valence-corrected chi connectivity index (χ2v) is 13.8. The Labute approximate surface area is 288 Å². The number of phenols is 1. The molecule has 0 radical (unpaired) electrons. The van der Waals surface area contributed by atoms with Crippen molar-refractivity contribution in [2.24, 2.45) is 0 Å². The Kier molecular flexibility index (Phi) is 13.1. The number of unbranched alkanes of at least 4 members (excludes halogenated alkanes) is 2. The van der Waals surface area contributed by atoms with Crippen LogP contribution < -0.4 is 20.1 Å². The predicted octanol–water partition coefficient (Wildman–Crippen LogP) is 5.37. The SMILES string of the molecule is COC(=O)c1c(O)cccc1OCCCCCNC(=O)[C@H](Cc1ccc(C2CC(=O)NS2(O)O)c(Br)c1)NC(=O)OCc1ccccc1. The maximum absolute atomic E-state index is 13.3. The van der Waals surface area contributed by atoms with Gasteiger partial charge in [-0.1, -0.05) is 64.5 Å². The van der Waals surface area contributed by atoms with Crippen LogP contribution in [-0.4, -0.2) is 64.4 Å². The van der Waals surface area contributed by atoms with Crippen LogP contribution in [0.5, 0.6) is 11.5 Å². The van der Waals surface area contributed by atoms with Crippen molar-refractivity contribution >= 4 is 50.6 Å². The lowest BCUT2D eigenvalue weighted by atomic mass is 10.0. The number of carbonyl (C=O) groups is 4. The summed E-state index contributed by atoms with van der Waals surface area (Å²) in [7, 11) is -2.14. The van der Waals surface area contributed by atoms with Crippen LogP contribution in [0.4, 0.5) is 4.79 Å². The molecule has 6 N–H and O–H groups in total. The fourth-order valence-electron chi connectivity index (χ4n) is 5.03. The maximum Gasteiger partial charge on any atom is 0.408 e. The molecule has 258 valence electrons. The summed E-state index contributed by atoms with van der Waals surface area (Å²) >= 11 is 3.46. The molecule has 3 aromatic rings. The van der Waals surface area contributed by atoms with Crippen molar-refractivity contribution in [1.82, 2.24) is 15.4 Å². The third-order valence-electron chi connectivity index (χ3n) is 7.48. The van der Waals surface area contributed by atoms with Crippen LogP contribution in [0.1, 0.15) is 58.0 Å². The summed E-state index contributed by atoms with van der Waals surface area (Å²) in [4.78, 5) is 49.8. The van der Waals surface area contributed by atoms with Gasteiger partial charge in [0.25, 0.3) is 0 Å². The molecule has 0 saturated carbocycles. The molecule has 0 bridgehead atoms. The van der Waals surface area contributed by atoms with E-state index in [0.717, 1.165) is 5.56 Å². The number of esters is 1. The van der Waals surface area contributed by atoms with Crippen molar-refractivity contribution in [3.63, 3.8) is 0 Å². The van der Waals surface area contributed by atoms with Gasteiger partial charge in [-0.15, -0.1) is 10.8 Å². The quantitative estimate of drug-likeness (QED) is 0.0870. The summed E-state index contributed by atoms with van der Waals surface area (Å²) in [6, 6.07) is 17.7. The molecule has 1 unspecified atom stereocenters. The Morgan fingerprint density at radius 1 is 1.02 bits per heavy atom. The van der Waals surface area contributed by atoms with Gasteiger partial charge in [0.1, 0.15) is 35.0 Å². The van der Waals surface area contributed by atoms with E-state index in [1.54, 1.807) is 30.3 Å². The van der Waals surface area contributed by atoms with E-state index < -0.39 is 45.9 Å². The summed E-state index contributed by atoms with van der Waals surface area (Å²) in [5.74, 6) is -1.61. The first-order valence-electron chi connectivity index (χ1n) is 15.1. The van der Waals surface area contributed by atoms with Crippen molar-refractivity contribution in [3.05, 3.63) is 93.5 Å². The Morgan fingerprint density at radius 3 is 2.48 bits per heavy atom. The first-order valence-corrected chi connectivity index (χ1v) is 17.5. The fourth-order valence-corrected chi connectivity index (χ4v) is 7.39. The Bertz CT molecular complexity index is 1610.